The Kier molecular flexibility index (Phi) is 6.13. The smallest absolute Gasteiger partial charge is 0.254 e. The number of hydrogen-bond donors (Lipinski definition) is 0. The number of rotatable bonds is 5. The van der Waals surface area contributed by atoms with Crippen LogP contribution >= 0.6 is 0 Å². The number of morpholine rings is 1. The molecular weight excluding hydrogens is 344 g/mol. The summed E-state index contributed by atoms with van der Waals surface area (Å²) in [5.41, 5.74) is 1.99. The van der Waals surface area contributed by atoms with Crippen LogP contribution in [0.25, 0.3) is 0 Å². The Morgan fingerprint density at radius 2 is 1.81 bits per heavy atom. The summed E-state index contributed by atoms with van der Waals surface area (Å²) in [5.74, 6) is -0.113. The molecule has 1 aliphatic rings. The minimum absolute atomic E-state index is 0.0242. The van der Waals surface area contributed by atoms with Crippen LogP contribution in [0.5, 0.6) is 0 Å². The molecule has 0 aliphatic carbocycles. The number of hydrogen-bond acceptors (Lipinski definition) is 5. The number of carbonyl (C=O) groups excluding carboxylic acids is 2. The van der Waals surface area contributed by atoms with Gasteiger partial charge in [-0.2, -0.15) is 0 Å². The Morgan fingerprint density at radius 3 is 2.44 bits per heavy atom. The van der Waals surface area contributed by atoms with Crippen molar-refractivity contribution >= 4 is 11.8 Å². The van der Waals surface area contributed by atoms with Crippen LogP contribution in [0.15, 0.2) is 42.9 Å². The second kappa shape index (κ2) is 8.73. The van der Waals surface area contributed by atoms with Gasteiger partial charge in [0.25, 0.3) is 11.8 Å². The van der Waals surface area contributed by atoms with E-state index < -0.39 is 0 Å². The quantitative estimate of drug-likeness (QED) is 0.802. The van der Waals surface area contributed by atoms with Crippen molar-refractivity contribution in [3.63, 3.8) is 0 Å². The molecule has 7 nitrogen and oxygen atoms in total. The maximum Gasteiger partial charge on any atom is 0.254 e. The van der Waals surface area contributed by atoms with Crippen molar-refractivity contribution < 1.29 is 14.3 Å². The summed E-state index contributed by atoms with van der Waals surface area (Å²) in [4.78, 5) is 37.0. The van der Waals surface area contributed by atoms with Crippen LogP contribution in [-0.2, 0) is 11.2 Å². The fourth-order valence-corrected chi connectivity index (χ4v) is 2.98. The van der Waals surface area contributed by atoms with Gasteiger partial charge < -0.3 is 14.5 Å². The van der Waals surface area contributed by atoms with Gasteiger partial charge >= 0.3 is 0 Å². The molecule has 3 rings (SSSR count). The summed E-state index contributed by atoms with van der Waals surface area (Å²) in [6.45, 7) is 4.31. The lowest BCUT2D eigenvalue weighted by Gasteiger charge is -2.27. The minimum atomic E-state index is -0.0863. The Bertz CT molecular complexity index is 774. The Morgan fingerprint density at radius 1 is 1.15 bits per heavy atom. The predicted molar refractivity (Wildman–Crippen MR) is 100 cm³/mol. The van der Waals surface area contributed by atoms with Crippen LogP contribution in [0.2, 0.25) is 0 Å². The van der Waals surface area contributed by atoms with Gasteiger partial charge in [-0.25, -0.2) is 0 Å². The highest BCUT2D eigenvalue weighted by atomic mass is 16.5. The van der Waals surface area contributed by atoms with E-state index in [0.29, 0.717) is 43.9 Å². The highest BCUT2D eigenvalue weighted by Crippen LogP contribution is 2.13. The van der Waals surface area contributed by atoms with Gasteiger partial charge in [0.15, 0.2) is 0 Å². The monoisotopic (exact) mass is 368 g/mol. The Labute approximate surface area is 159 Å². The average molecular weight is 368 g/mol. The topological polar surface area (TPSA) is 75.6 Å². The maximum atomic E-state index is 12.7. The van der Waals surface area contributed by atoms with Gasteiger partial charge in [-0.3, -0.25) is 19.6 Å². The molecule has 142 valence electrons. The summed E-state index contributed by atoms with van der Waals surface area (Å²) >= 11 is 0. The molecule has 1 saturated heterocycles. The number of benzene rings is 1. The molecule has 0 saturated carbocycles. The number of carbonyl (C=O) groups is 2. The lowest BCUT2D eigenvalue weighted by Crippen LogP contribution is -2.40. The summed E-state index contributed by atoms with van der Waals surface area (Å²) in [5, 5.41) is 0. The van der Waals surface area contributed by atoms with E-state index in [1.54, 1.807) is 59.7 Å². The van der Waals surface area contributed by atoms with Crippen molar-refractivity contribution in [3.05, 3.63) is 59.7 Å². The van der Waals surface area contributed by atoms with E-state index in [0.717, 1.165) is 5.69 Å². The summed E-state index contributed by atoms with van der Waals surface area (Å²) in [6, 6.07) is 6.82. The van der Waals surface area contributed by atoms with Crippen LogP contribution in [0, 0.1) is 0 Å². The van der Waals surface area contributed by atoms with Gasteiger partial charge in [-0.15, -0.1) is 0 Å². The van der Waals surface area contributed by atoms with Crippen molar-refractivity contribution in [2.45, 2.75) is 19.4 Å². The zero-order valence-electron chi connectivity index (χ0n) is 15.7. The average Bonchev–Trinajstić information content (AvgIpc) is 2.73. The normalized spacial score (nSPS) is 15.3. The molecule has 1 atom stereocenters. The van der Waals surface area contributed by atoms with Crippen molar-refractivity contribution in [2.24, 2.45) is 0 Å². The standard InChI is InChI=1S/C20H24N4O3/c1-15(13-18-14-21-7-8-22-18)23(2)19(25)16-3-5-17(6-4-16)20(26)24-9-11-27-12-10-24/h3-8,14-15H,9-13H2,1-2H3/t15-/m0/s1. The van der Waals surface area contributed by atoms with Gasteiger partial charge in [-0.05, 0) is 31.2 Å². The van der Waals surface area contributed by atoms with Crippen molar-refractivity contribution in [2.75, 3.05) is 33.4 Å². The van der Waals surface area contributed by atoms with Crippen molar-refractivity contribution in [3.8, 4) is 0 Å². The zero-order valence-corrected chi connectivity index (χ0v) is 15.7. The fourth-order valence-electron chi connectivity index (χ4n) is 2.98. The number of amides is 2. The first-order valence-electron chi connectivity index (χ1n) is 9.05. The largest absolute Gasteiger partial charge is 0.378 e. The summed E-state index contributed by atoms with van der Waals surface area (Å²) < 4.78 is 5.28. The first-order valence-corrected chi connectivity index (χ1v) is 9.05. The van der Waals surface area contributed by atoms with E-state index in [1.165, 1.54) is 0 Å². The molecule has 1 fully saturated rings. The summed E-state index contributed by atoms with van der Waals surface area (Å²) in [6.07, 6.45) is 5.61. The molecule has 2 aromatic rings. The molecule has 2 amide bonds. The lowest BCUT2D eigenvalue weighted by molar-refractivity contribution is 0.0303. The predicted octanol–water partition coefficient (Wildman–Crippen LogP) is 1.65. The maximum absolute atomic E-state index is 12.7. The molecule has 0 bridgehead atoms. The van der Waals surface area contributed by atoms with Crippen LogP contribution in [0.1, 0.15) is 33.3 Å². The molecule has 1 aromatic carbocycles. The SMILES string of the molecule is C[C@@H](Cc1cnccn1)N(C)C(=O)c1ccc(C(=O)N2CCOCC2)cc1. The van der Waals surface area contributed by atoms with Crippen LogP contribution < -0.4 is 0 Å². The third-order valence-corrected chi connectivity index (χ3v) is 4.78. The first-order chi connectivity index (χ1) is 13.1. The molecule has 7 heteroatoms. The zero-order chi connectivity index (χ0) is 19.2. The van der Waals surface area contributed by atoms with Gasteiger partial charge in [-0.1, -0.05) is 0 Å². The van der Waals surface area contributed by atoms with Gasteiger partial charge in [0.2, 0.25) is 0 Å². The molecule has 0 unspecified atom stereocenters. The Balaban J connectivity index is 1.63. The van der Waals surface area contributed by atoms with Crippen LogP contribution in [0.3, 0.4) is 0 Å². The van der Waals surface area contributed by atoms with Gasteiger partial charge in [0.05, 0.1) is 18.9 Å². The molecule has 0 radical (unpaired) electrons. The third kappa shape index (κ3) is 4.68. The van der Waals surface area contributed by atoms with Crippen molar-refractivity contribution in [1.29, 1.82) is 0 Å². The van der Waals surface area contributed by atoms with E-state index in [9.17, 15) is 9.59 Å². The van der Waals surface area contributed by atoms with Crippen LogP contribution in [0.4, 0.5) is 0 Å². The molecule has 1 aliphatic heterocycles. The highest BCUT2D eigenvalue weighted by Gasteiger charge is 2.21. The van der Waals surface area contributed by atoms with Crippen molar-refractivity contribution in [1.82, 2.24) is 19.8 Å². The molecule has 2 heterocycles. The van der Waals surface area contributed by atoms with E-state index in [2.05, 4.69) is 9.97 Å². The number of aromatic nitrogens is 2. The van der Waals surface area contributed by atoms with E-state index >= 15 is 0 Å². The molecule has 0 spiro atoms. The highest BCUT2D eigenvalue weighted by molar-refractivity contribution is 5.97. The number of nitrogens with zero attached hydrogens (tertiary/aromatic N) is 4. The van der Waals surface area contributed by atoms with E-state index in [1.807, 2.05) is 6.92 Å². The summed E-state index contributed by atoms with van der Waals surface area (Å²) in [7, 11) is 1.77. The molecular formula is C20H24N4O3. The lowest BCUT2D eigenvalue weighted by atomic mass is 10.1. The van der Waals surface area contributed by atoms with E-state index in [4.69, 9.17) is 4.74 Å². The second-order valence-electron chi connectivity index (χ2n) is 6.65. The molecule has 0 N–H and O–H groups in total. The third-order valence-electron chi connectivity index (χ3n) is 4.78. The fraction of sp³-hybridized carbons (Fsp3) is 0.400. The molecule has 27 heavy (non-hydrogen) atoms. The number of ether oxygens (including phenoxy) is 1. The van der Waals surface area contributed by atoms with Gasteiger partial charge in [0.1, 0.15) is 0 Å². The molecule has 1 aromatic heterocycles. The second-order valence-corrected chi connectivity index (χ2v) is 6.65. The minimum Gasteiger partial charge on any atom is -0.378 e. The van der Waals surface area contributed by atoms with E-state index in [-0.39, 0.29) is 17.9 Å². The Hall–Kier alpha value is -2.80. The number of likely N-dealkylation sites (N-methyl/N-ethyl adjacent to an activating group) is 1. The van der Waals surface area contributed by atoms with Gasteiger partial charge in [0, 0.05) is 62.3 Å². The first kappa shape index (κ1) is 19.0. The van der Waals surface area contributed by atoms with Crippen LogP contribution in [-0.4, -0.2) is 71.0 Å².